The average molecular weight is 483 g/mol. The van der Waals surface area contributed by atoms with Crippen molar-refractivity contribution < 1.29 is 9.59 Å². The lowest BCUT2D eigenvalue weighted by Crippen LogP contribution is -2.48. The Balaban J connectivity index is 1.38. The number of amides is 2. The van der Waals surface area contributed by atoms with E-state index < -0.39 is 0 Å². The first-order valence-corrected chi connectivity index (χ1v) is 12.9. The van der Waals surface area contributed by atoms with Crippen LogP contribution in [0.25, 0.3) is 0 Å². The lowest BCUT2D eigenvalue weighted by atomic mass is 10.1. The smallest absolute Gasteiger partial charge is 0.253 e. The molecule has 2 aromatic rings. The van der Waals surface area contributed by atoms with Crippen LogP contribution in [0.5, 0.6) is 0 Å². The highest BCUT2D eigenvalue weighted by Crippen LogP contribution is 2.27. The van der Waals surface area contributed by atoms with Crippen LogP contribution in [-0.2, 0) is 10.5 Å². The van der Waals surface area contributed by atoms with Gasteiger partial charge in [0.2, 0.25) is 5.91 Å². The fraction of sp³-hybridized carbons (Fsp3) is 0.520. The number of anilines is 1. The molecule has 182 valence electrons. The number of benzene rings is 1. The van der Waals surface area contributed by atoms with Crippen molar-refractivity contribution in [1.82, 2.24) is 24.7 Å². The Morgan fingerprint density at radius 1 is 0.882 bits per heavy atom. The van der Waals surface area contributed by atoms with Crippen molar-refractivity contribution in [3.8, 4) is 0 Å². The summed E-state index contributed by atoms with van der Waals surface area (Å²) in [5.41, 5.74) is 3.95. The minimum atomic E-state index is 0.110. The summed E-state index contributed by atoms with van der Waals surface area (Å²) in [6.45, 7) is 12.1. The number of carbonyl (C=O) groups excluding carboxylic acids is 2. The van der Waals surface area contributed by atoms with Gasteiger partial charge in [-0.15, -0.1) is 0 Å². The maximum Gasteiger partial charge on any atom is 0.253 e. The highest BCUT2D eigenvalue weighted by molar-refractivity contribution is 7.98. The molecule has 1 aromatic heterocycles. The summed E-state index contributed by atoms with van der Waals surface area (Å²) in [7, 11) is 2.09. The zero-order valence-corrected chi connectivity index (χ0v) is 21.4. The fourth-order valence-corrected chi connectivity index (χ4v) is 5.12. The van der Waals surface area contributed by atoms with Crippen molar-refractivity contribution in [3.05, 3.63) is 46.6 Å². The molecule has 2 saturated heterocycles. The number of hydrogen-bond donors (Lipinski definition) is 0. The van der Waals surface area contributed by atoms with Crippen LogP contribution in [-0.4, -0.2) is 95.9 Å². The summed E-state index contributed by atoms with van der Waals surface area (Å²) in [5, 5.41) is 0.754. The number of aryl methyl sites for hydroxylation is 1. The molecule has 2 aliphatic heterocycles. The average Bonchev–Trinajstić information content (AvgIpc) is 2.85. The van der Waals surface area contributed by atoms with E-state index in [2.05, 4.69) is 23.8 Å². The quantitative estimate of drug-likeness (QED) is 0.479. The lowest BCUT2D eigenvalue weighted by Gasteiger charge is -2.35. The van der Waals surface area contributed by atoms with Crippen molar-refractivity contribution >= 4 is 29.4 Å². The Morgan fingerprint density at radius 2 is 1.50 bits per heavy atom. The number of likely N-dealkylation sites (N-methyl/N-ethyl adjacent to an activating group) is 1. The number of rotatable bonds is 5. The summed E-state index contributed by atoms with van der Waals surface area (Å²) in [6, 6.07) is 7.91. The van der Waals surface area contributed by atoms with Crippen molar-refractivity contribution in [2.75, 3.05) is 64.3 Å². The highest BCUT2D eigenvalue weighted by Gasteiger charge is 2.23. The van der Waals surface area contributed by atoms with Crippen LogP contribution in [0, 0.1) is 13.8 Å². The molecular weight excluding hydrogens is 448 g/mol. The molecule has 8 nitrogen and oxygen atoms in total. The minimum absolute atomic E-state index is 0.110. The Kier molecular flexibility index (Phi) is 7.73. The molecule has 34 heavy (non-hydrogen) atoms. The molecule has 0 N–H and O–H groups in total. The Labute approximate surface area is 206 Å². The zero-order valence-electron chi connectivity index (χ0n) is 20.6. The molecule has 0 bridgehead atoms. The van der Waals surface area contributed by atoms with E-state index in [4.69, 9.17) is 9.97 Å². The summed E-state index contributed by atoms with van der Waals surface area (Å²) in [4.78, 5) is 42.3. The van der Waals surface area contributed by atoms with Gasteiger partial charge >= 0.3 is 0 Å². The SMILES string of the molecule is CC(=O)N1CCN(c2nc(SCc3ccc(C(=O)N4CCN(C)CC4)cc3)nc(C)c2C)CC1. The topological polar surface area (TPSA) is 72.9 Å². The molecule has 0 atom stereocenters. The Hall–Kier alpha value is -2.65. The third-order valence-corrected chi connectivity index (χ3v) is 7.65. The normalized spacial score (nSPS) is 17.2. The number of piperazine rings is 2. The molecule has 2 amide bonds. The summed E-state index contributed by atoms with van der Waals surface area (Å²) >= 11 is 1.61. The number of thioether (sulfide) groups is 1. The molecule has 2 fully saturated rings. The predicted octanol–water partition coefficient (Wildman–Crippen LogP) is 2.44. The van der Waals surface area contributed by atoms with Crippen LogP contribution in [0.15, 0.2) is 29.4 Å². The number of hydrogen-bond acceptors (Lipinski definition) is 7. The van der Waals surface area contributed by atoms with Gasteiger partial charge in [-0.2, -0.15) is 0 Å². The third-order valence-electron chi connectivity index (χ3n) is 6.73. The van der Waals surface area contributed by atoms with E-state index in [-0.39, 0.29) is 11.8 Å². The second-order valence-electron chi connectivity index (χ2n) is 9.11. The van der Waals surface area contributed by atoms with E-state index in [0.29, 0.717) is 0 Å². The van der Waals surface area contributed by atoms with Gasteiger partial charge in [0, 0.05) is 81.9 Å². The summed E-state index contributed by atoms with van der Waals surface area (Å²) < 4.78 is 0. The van der Waals surface area contributed by atoms with Crippen LogP contribution in [0.4, 0.5) is 5.82 Å². The van der Waals surface area contributed by atoms with Gasteiger partial charge in [-0.3, -0.25) is 9.59 Å². The summed E-state index contributed by atoms with van der Waals surface area (Å²) in [6.07, 6.45) is 0. The molecule has 0 spiro atoms. The van der Waals surface area contributed by atoms with Crippen LogP contribution < -0.4 is 4.90 Å². The molecular formula is C25H34N6O2S. The molecule has 9 heteroatoms. The van der Waals surface area contributed by atoms with Gasteiger partial charge in [-0.05, 0) is 38.6 Å². The minimum Gasteiger partial charge on any atom is -0.353 e. The first-order chi connectivity index (χ1) is 16.3. The maximum absolute atomic E-state index is 12.8. The van der Waals surface area contributed by atoms with Gasteiger partial charge in [0.05, 0.1) is 0 Å². The maximum atomic E-state index is 12.8. The molecule has 0 unspecified atom stereocenters. The Bertz CT molecular complexity index is 1030. The van der Waals surface area contributed by atoms with Gasteiger partial charge in [-0.1, -0.05) is 23.9 Å². The zero-order chi connectivity index (χ0) is 24.2. The monoisotopic (exact) mass is 482 g/mol. The van der Waals surface area contributed by atoms with Crippen LogP contribution in [0.2, 0.25) is 0 Å². The van der Waals surface area contributed by atoms with Crippen molar-refractivity contribution in [2.24, 2.45) is 0 Å². The molecule has 0 aliphatic carbocycles. The van der Waals surface area contributed by atoms with Gasteiger partial charge in [-0.25, -0.2) is 9.97 Å². The molecule has 1 aromatic carbocycles. The van der Waals surface area contributed by atoms with Crippen molar-refractivity contribution in [3.63, 3.8) is 0 Å². The summed E-state index contributed by atoms with van der Waals surface area (Å²) in [5.74, 6) is 1.94. The number of aromatic nitrogens is 2. The number of carbonyl (C=O) groups is 2. The molecule has 0 radical (unpaired) electrons. The molecule has 3 heterocycles. The highest BCUT2D eigenvalue weighted by atomic mass is 32.2. The van der Waals surface area contributed by atoms with E-state index in [1.54, 1.807) is 18.7 Å². The first-order valence-electron chi connectivity index (χ1n) is 11.9. The van der Waals surface area contributed by atoms with Gasteiger partial charge in [0.1, 0.15) is 5.82 Å². The third kappa shape index (κ3) is 5.70. The van der Waals surface area contributed by atoms with Gasteiger partial charge in [0.15, 0.2) is 5.16 Å². The van der Waals surface area contributed by atoms with Crippen LogP contribution in [0.1, 0.15) is 34.1 Å². The van der Waals surface area contributed by atoms with E-state index >= 15 is 0 Å². The van der Waals surface area contributed by atoms with Gasteiger partial charge < -0.3 is 19.6 Å². The number of nitrogens with zero attached hydrogens (tertiary/aromatic N) is 6. The van der Waals surface area contributed by atoms with Crippen molar-refractivity contribution in [1.29, 1.82) is 0 Å². The van der Waals surface area contributed by atoms with Gasteiger partial charge in [0.25, 0.3) is 5.91 Å². The molecule has 0 saturated carbocycles. The van der Waals surface area contributed by atoms with Crippen molar-refractivity contribution in [2.45, 2.75) is 31.7 Å². The predicted molar refractivity (Wildman–Crippen MR) is 135 cm³/mol. The van der Waals surface area contributed by atoms with E-state index in [1.165, 1.54) is 0 Å². The largest absolute Gasteiger partial charge is 0.353 e. The lowest BCUT2D eigenvalue weighted by molar-refractivity contribution is -0.129. The second-order valence-corrected chi connectivity index (χ2v) is 10.1. The first kappa shape index (κ1) is 24.5. The standard InChI is InChI=1S/C25H34N6O2S/c1-18-19(2)26-25(27-23(18)30-15-13-29(14-16-30)20(3)32)34-17-21-5-7-22(8-6-21)24(33)31-11-9-28(4)10-12-31/h5-8H,9-17H2,1-4H3. The van der Waals surface area contributed by atoms with Crippen LogP contribution >= 0.6 is 11.8 Å². The van der Waals surface area contributed by atoms with E-state index in [9.17, 15) is 9.59 Å². The van der Waals surface area contributed by atoms with E-state index in [1.807, 2.05) is 41.0 Å². The molecule has 4 rings (SSSR count). The van der Waals surface area contributed by atoms with E-state index in [0.717, 1.165) is 91.5 Å². The fourth-order valence-electron chi connectivity index (χ4n) is 4.28. The Morgan fingerprint density at radius 3 is 2.12 bits per heavy atom. The molecule has 2 aliphatic rings. The van der Waals surface area contributed by atoms with Crippen LogP contribution in [0.3, 0.4) is 0 Å². The second kappa shape index (κ2) is 10.7.